The summed E-state index contributed by atoms with van der Waals surface area (Å²) in [5, 5.41) is 1.22. The Kier molecular flexibility index (Phi) is 3.97. The highest BCUT2D eigenvalue weighted by Crippen LogP contribution is 2.31. The first-order valence-corrected chi connectivity index (χ1v) is 6.19. The van der Waals surface area contributed by atoms with Gasteiger partial charge in [0, 0.05) is 18.2 Å². The van der Waals surface area contributed by atoms with Crippen molar-refractivity contribution in [3.8, 4) is 0 Å². The number of nitrogen functional groups attached to an aromatic ring is 1. The number of nitrogens with zero attached hydrogens (tertiary/aromatic N) is 2. The van der Waals surface area contributed by atoms with Crippen LogP contribution in [0.3, 0.4) is 0 Å². The molecule has 1 heterocycles. The van der Waals surface area contributed by atoms with Gasteiger partial charge in [0.1, 0.15) is 10.8 Å². The van der Waals surface area contributed by atoms with Gasteiger partial charge >= 0.3 is 0 Å². The molecule has 1 rings (SSSR count). The molecule has 0 saturated carbocycles. The van der Waals surface area contributed by atoms with Gasteiger partial charge in [0.05, 0.1) is 0 Å². The summed E-state index contributed by atoms with van der Waals surface area (Å²) < 4.78 is 4.20. The summed E-state index contributed by atoms with van der Waals surface area (Å²) in [6.45, 7) is 12.0. The molecule has 0 radical (unpaired) electrons. The van der Waals surface area contributed by atoms with Gasteiger partial charge in [0.15, 0.2) is 0 Å². The van der Waals surface area contributed by atoms with Crippen molar-refractivity contribution in [1.29, 1.82) is 0 Å². The van der Waals surface area contributed by atoms with Crippen LogP contribution in [0.4, 0.5) is 10.8 Å². The molecular formula is C11H21N3S. The summed E-state index contributed by atoms with van der Waals surface area (Å²) in [5.74, 6) is 1.32. The van der Waals surface area contributed by atoms with Crippen LogP contribution in [0.1, 0.15) is 33.3 Å². The summed E-state index contributed by atoms with van der Waals surface area (Å²) in [6.07, 6.45) is 0. The third-order valence-electron chi connectivity index (χ3n) is 2.38. The molecule has 0 fully saturated rings. The molecule has 0 aromatic carbocycles. The smallest absolute Gasteiger partial charge is 0.142 e. The van der Waals surface area contributed by atoms with Crippen LogP contribution >= 0.6 is 11.5 Å². The number of anilines is 2. The quantitative estimate of drug-likeness (QED) is 0.860. The van der Waals surface area contributed by atoms with Gasteiger partial charge in [-0.3, -0.25) is 0 Å². The van der Waals surface area contributed by atoms with Crippen molar-refractivity contribution < 1.29 is 0 Å². The van der Waals surface area contributed by atoms with E-state index in [1.165, 1.54) is 16.5 Å². The lowest BCUT2D eigenvalue weighted by atomic mass is 10.1. The fraction of sp³-hybridized carbons (Fsp3) is 0.727. The molecule has 15 heavy (non-hydrogen) atoms. The third kappa shape index (κ3) is 2.84. The van der Waals surface area contributed by atoms with E-state index in [9.17, 15) is 0 Å². The summed E-state index contributed by atoms with van der Waals surface area (Å²) in [7, 11) is 0. The van der Waals surface area contributed by atoms with Crippen LogP contribution in [-0.2, 0) is 0 Å². The van der Waals surface area contributed by atoms with Crippen LogP contribution < -0.4 is 10.6 Å². The number of rotatable bonds is 4. The van der Waals surface area contributed by atoms with Crippen LogP contribution in [0, 0.1) is 12.8 Å². The molecule has 0 bridgehead atoms. The van der Waals surface area contributed by atoms with Crippen LogP contribution in [0.25, 0.3) is 0 Å². The van der Waals surface area contributed by atoms with Crippen LogP contribution in [0.15, 0.2) is 0 Å². The van der Waals surface area contributed by atoms with Crippen molar-refractivity contribution in [2.75, 3.05) is 17.2 Å². The van der Waals surface area contributed by atoms with Crippen molar-refractivity contribution in [2.45, 2.75) is 40.7 Å². The zero-order chi connectivity index (χ0) is 11.6. The molecular weight excluding hydrogens is 206 g/mol. The molecule has 0 spiro atoms. The summed E-state index contributed by atoms with van der Waals surface area (Å²) >= 11 is 1.51. The Hall–Kier alpha value is -0.770. The predicted molar refractivity (Wildman–Crippen MR) is 68.6 cm³/mol. The number of hydrogen-bond donors (Lipinski definition) is 1. The van der Waals surface area contributed by atoms with E-state index in [-0.39, 0.29) is 0 Å². The number of hydrogen-bond acceptors (Lipinski definition) is 4. The maximum Gasteiger partial charge on any atom is 0.142 e. The minimum Gasteiger partial charge on any atom is -0.383 e. The van der Waals surface area contributed by atoms with E-state index in [0.29, 0.717) is 17.8 Å². The molecule has 0 aliphatic carbocycles. The highest BCUT2D eigenvalue weighted by Gasteiger charge is 2.18. The largest absolute Gasteiger partial charge is 0.383 e. The van der Waals surface area contributed by atoms with Crippen molar-refractivity contribution in [3.63, 3.8) is 0 Å². The minimum absolute atomic E-state index is 0.492. The van der Waals surface area contributed by atoms with E-state index >= 15 is 0 Å². The Morgan fingerprint density at radius 3 is 2.27 bits per heavy atom. The standard InChI is InChI=1S/C11H21N3S/c1-7(2)6-14(8(3)4)11-9(5)10(12)13-15-11/h7-8H,6H2,1-5H3,(H2,12,13). The van der Waals surface area contributed by atoms with E-state index in [1.807, 2.05) is 6.92 Å². The Balaban J connectivity index is 2.94. The molecule has 0 saturated heterocycles. The zero-order valence-corrected chi connectivity index (χ0v) is 11.1. The molecule has 0 aliphatic heterocycles. The van der Waals surface area contributed by atoms with Gasteiger partial charge in [0.25, 0.3) is 0 Å². The average molecular weight is 227 g/mol. The van der Waals surface area contributed by atoms with E-state index < -0.39 is 0 Å². The fourth-order valence-electron chi connectivity index (χ4n) is 1.53. The van der Waals surface area contributed by atoms with Crippen molar-refractivity contribution in [1.82, 2.24) is 4.37 Å². The summed E-state index contributed by atoms with van der Waals surface area (Å²) in [6, 6.07) is 0.492. The zero-order valence-electron chi connectivity index (χ0n) is 10.2. The van der Waals surface area contributed by atoms with E-state index in [2.05, 4.69) is 37.0 Å². The molecule has 0 amide bonds. The summed E-state index contributed by atoms with van der Waals surface area (Å²) in [5.41, 5.74) is 6.90. The molecule has 3 nitrogen and oxygen atoms in total. The Morgan fingerprint density at radius 1 is 1.33 bits per heavy atom. The lowest BCUT2D eigenvalue weighted by Gasteiger charge is -2.29. The van der Waals surface area contributed by atoms with Crippen molar-refractivity contribution in [3.05, 3.63) is 5.56 Å². The minimum atomic E-state index is 0.492. The first-order chi connectivity index (χ1) is 6.93. The Labute approximate surface area is 96.5 Å². The van der Waals surface area contributed by atoms with Gasteiger partial charge < -0.3 is 10.6 Å². The summed E-state index contributed by atoms with van der Waals surface area (Å²) in [4.78, 5) is 2.38. The Morgan fingerprint density at radius 2 is 1.93 bits per heavy atom. The molecule has 1 aromatic rings. The lowest BCUT2D eigenvalue weighted by Crippen LogP contribution is -2.33. The first kappa shape index (κ1) is 12.3. The van der Waals surface area contributed by atoms with Gasteiger partial charge in [-0.25, -0.2) is 0 Å². The maximum absolute atomic E-state index is 5.78. The predicted octanol–water partition coefficient (Wildman–Crippen LogP) is 2.90. The van der Waals surface area contributed by atoms with Gasteiger partial charge in [-0.15, -0.1) is 0 Å². The van der Waals surface area contributed by atoms with Crippen LogP contribution in [0.5, 0.6) is 0 Å². The van der Waals surface area contributed by atoms with Gasteiger partial charge in [-0.2, -0.15) is 4.37 Å². The molecule has 0 unspecified atom stereocenters. The molecule has 0 atom stereocenters. The van der Waals surface area contributed by atoms with Crippen molar-refractivity contribution >= 4 is 22.4 Å². The maximum atomic E-state index is 5.78. The number of aromatic nitrogens is 1. The average Bonchev–Trinajstić information content (AvgIpc) is 2.44. The second kappa shape index (κ2) is 4.84. The third-order valence-corrected chi connectivity index (χ3v) is 3.38. The molecule has 86 valence electrons. The molecule has 4 heteroatoms. The normalized spacial score (nSPS) is 11.4. The van der Waals surface area contributed by atoms with Crippen LogP contribution in [0.2, 0.25) is 0 Å². The van der Waals surface area contributed by atoms with E-state index in [0.717, 1.165) is 12.1 Å². The lowest BCUT2D eigenvalue weighted by molar-refractivity contribution is 0.573. The van der Waals surface area contributed by atoms with Gasteiger partial charge in [-0.1, -0.05) is 13.8 Å². The van der Waals surface area contributed by atoms with E-state index in [4.69, 9.17) is 5.73 Å². The first-order valence-electron chi connectivity index (χ1n) is 5.41. The Bertz CT molecular complexity index is 318. The van der Waals surface area contributed by atoms with Gasteiger partial charge in [-0.05, 0) is 38.2 Å². The van der Waals surface area contributed by atoms with Crippen LogP contribution in [-0.4, -0.2) is 17.0 Å². The monoisotopic (exact) mass is 227 g/mol. The highest BCUT2D eigenvalue weighted by molar-refractivity contribution is 7.10. The number of nitrogens with two attached hydrogens (primary N) is 1. The SMILES string of the molecule is Cc1c(N)nsc1N(CC(C)C)C(C)C. The second-order valence-electron chi connectivity index (χ2n) is 4.64. The van der Waals surface area contributed by atoms with E-state index in [1.54, 1.807) is 0 Å². The highest BCUT2D eigenvalue weighted by atomic mass is 32.1. The molecule has 0 aliphatic rings. The molecule has 2 N–H and O–H groups in total. The van der Waals surface area contributed by atoms with Crippen molar-refractivity contribution in [2.24, 2.45) is 5.92 Å². The van der Waals surface area contributed by atoms with Gasteiger partial charge in [0.2, 0.25) is 0 Å². The topological polar surface area (TPSA) is 42.1 Å². The molecule has 1 aromatic heterocycles. The second-order valence-corrected chi connectivity index (χ2v) is 5.39. The fourth-order valence-corrected chi connectivity index (χ4v) is 2.48.